The smallest absolute Gasteiger partial charge is 0.257 e. The van der Waals surface area contributed by atoms with Crippen LogP contribution in [0.25, 0.3) is 0 Å². The Morgan fingerprint density at radius 1 is 1.03 bits per heavy atom. The molecule has 1 unspecified atom stereocenters. The Hall–Kier alpha value is -3.54. The highest BCUT2D eigenvalue weighted by atomic mass is 16.2. The lowest BCUT2D eigenvalue weighted by Crippen LogP contribution is -2.38. The van der Waals surface area contributed by atoms with Gasteiger partial charge < -0.3 is 10.2 Å². The van der Waals surface area contributed by atoms with Crippen LogP contribution in [-0.2, 0) is 11.8 Å². The average Bonchev–Trinajstić information content (AvgIpc) is 2.83. The van der Waals surface area contributed by atoms with Crippen molar-refractivity contribution in [1.29, 1.82) is 0 Å². The molecular formula is C28H32N4O2. The van der Waals surface area contributed by atoms with E-state index in [0.717, 1.165) is 24.1 Å². The normalized spacial score (nSPS) is 17.5. The molecule has 0 spiro atoms. The second-order valence-corrected chi connectivity index (χ2v) is 9.81. The second kappa shape index (κ2) is 9.75. The van der Waals surface area contributed by atoms with Gasteiger partial charge in [0.1, 0.15) is 0 Å². The maximum atomic E-state index is 12.9. The summed E-state index contributed by atoms with van der Waals surface area (Å²) in [5.74, 6) is -0.240. The minimum absolute atomic E-state index is 0.0304. The third kappa shape index (κ3) is 5.33. The molecule has 0 radical (unpaired) electrons. The van der Waals surface area contributed by atoms with Crippen molar-refractivity contribution in [1.82, 2.24) is 10.2 Å². The molecule has 0 saturated heterocycles. The lowest BCUT2D eigenvalue weighted by Gasteiger charge is -2.28. The summed E-state index contributed by atoms with van der Waals surface area (Å²) in [4.78, 5) is 36.3. The van der Waals surface area contributed by atoms with Crippen LogP contribution in [0.3, 0.4) is 0 Å². The number of nitrogens with one attached hydrogen (secondary N) is 1. The largest absolute Gasteiger partial charge is 0.314 e. The van der Waals surface area contributed by atoms with Crippen LogP contribution in [0.15, 0.2) is 70.3 Å². The van der Waals surface area contributed by atoms with E-state index in [1.807, 2.05) is 48.5 Å². The first kappa shape index (κ1) is 23.6. The third-order valence-corrected chi connectivity index (χ3v) is 6.12. The van der Waals surface area contributed by atoms with Crippen LogP contribution in [0.5, 0.6) is 0 Å². The van der Waals surface area contributed by atoms with Crippen molar-refractivity contribution in [3.8, 4) is 0 Å². The van der Waals surface area contributed by atoms with E-state index in [-0.39, 0.29) is 17.2 Å². The summed E-state index contributed by atoms with van der Waals surface area (Å²) in [7, 11) is 0. The number of aliphatic imine (C=N–C) groups is 2. The number of hydrogen-bond donors (Lipinski definition) is 1. The van der Waals surface area contributed by atoms with Crippen LogP contribution in [0.2, 0.25) is 0 Å². The number of aryl methyl sites for hydroxylation is 1. The maximum absolute atomic E-state index is 12.9. The van der Waals surface area contributed by atoms with Crippen LogP contribution < -0.4 is 5.32 Å². The van der Waals surface area contributed by atoms with Crippen molar-refractivity contribution in [3.05, 3.63) is 82.6 Å². The molecule has 34 heavy (non-hydrogen) atoms. The molecule has 0 fully saturated rings. The fraction of sp³-hybridized carbons (Fsp3) is 0.357. The molecule has 6 nitrogen and oxygen atoms in total. The molecule has 2 aromatic rings. The third-order valence-electron chi connectivity index (χ3n) is 6.12. The van der Waals surface area contributed by atoms with Gasteiger partial charge in [-0.1, -0.05) is 58.4 Å². The van der Waals surface area contributed by atoms with Gasteiger partial charge in [-0.05, 0) is 47.2 Å². The number of allylic oxidation sites excluding steroid dienone is 1. The lowest BCUT2D eigenvalue weighted by atomic mass is 9.87. The molecule has 0 aromatic heterocycles. The first-order chi connectivity index (χ1) is 16.2. The van der Waals surface area contributed by atoms with Gasteiger partial charge in [-0.2, -0.15) is 0 Å². The highest BCUT2D eigenvalue weighted by Gasteiger charge is 2.25. The number of hydrogen-bond acceptors (Lipinski definition) is 4. The number of benzene rings is 2. The van der Waals surface area contributed by atoms with Crippen molar-refractivity contribution < 1.29 is 9.59 Å². The van der Waals surface area contributed by atoms with E-state index in [1.165, 1.54) is 11.1 Å². The van der Waals surface area contributed by atoms with Gasteiger partial charge in [0, 0.05) is 42.1 Å². The molecular weight excluding hydrogens is 424 g/mol. The molecule has 2 amide bonds. The Balaban J connectivity index is 1.40. The van der Waals surface area contributed by atoms with Gasteiger partial charge >= 0.3 is 0 Å². The molecule has 2 aromatic carbocycles. The molecule has 1 atom stereocenters. The predicted octanol–water partition coefficient (Wildman–Crippen LogP) is 4.91. The molecule has 0 saturated carbocycles. The molecule has 2 heterocycles. The molecule has 2 aliphatic rings. The van der Waals surface area contributed by atoms with E-state index in [9.17, 15) is 9.59 Å². The van der Waals surface area contributed by atoms with Crippen LogP contribution in [-0.4, -0.2) is 41.5 Å². The van der Waals surface area contributed by atoms with E-state index in [0.29, 0.717) is 24.1 Å². The fourth-order valence-electron chi connectivity index (χ4n) is 4.08. The molecule has 6 heteroatoms. The van der Waals surface area contributed by atoms with Gasteiger partial charge in [-0.25, -0.2) is 9.98 Å². The van der Waals surface area contributed by atoms with Crippen molar-refractivity contribution >= 4 is 23.7 Å². The van der Waals surface area contributed by atoms with Crippen LogP contribution in [0.1, 0.15) is 72.4 Å². The van der Waals surface area contributed by atoms with Crippen molar-refractivity contribution in [2.75, 3.05) is 6.54 Å². The summed E-state index contributed by atoms with van der Waals surface area (Å²) >= 11 is 0. The molecule has 1 N–H and O–H groups in total. The first-order valence-corrected chi connectivity index (χ1v) is 11.9. The summed E-state index contributed by atoms with van der Waals surface area (Å²) < 4.78 is 0. The summed E-state index contributed by atoms with van der Waals surface area (Å²) in [6.07, 6.45) is 5.55. The Morgan fingerprint density at radius 2 is 1.71 bits per heavy atom. The predicted molar refractivity (Wildman–Crippen MR) is 136 cm³/mol. The number of amides is 2. The summed E-state index contributed by atoms with van der Waals surface area (Å²) in [5.41, 5.74) is 5.36. The Morgan fingerprint density at radius 3 is 2.35 bits per heavy atom. The Kier molecular flexibility index (Phi) is 6.77. The average molecular weight is 457 g/mol. The highest BCUT2D eigenvalue weighted by molar-refractivity contribution is 6.18. The topological polar surface area (TPSA) is 74.1 Å². The Bertz CT molecular complexity index is 1150. The summed E-state index contributed by atoms with van der Waals surface area (Å²) in [6.45, 7) is 9.11. The number of carbonyl (C=O) groups is 2. The zero-order valence-corrected chi connectivity index (χ0v) is 20.3. The van der Waals surface area contributed by atoms with E-state index in [2.05, 4.69) is 43.0 Å². The maximum Gasteiger partial charge on any atom is 0.257 e. The first-order valence-electron chi connectivity index (χ1n) is 11.9. The number of nitrogens with zero attached hydrogens (tertiary/aromatic N) is 3. The van der Waals surface area contributed by atoms with Gasteiger partial charge in [0.15, 0.2) is 0 Å². The zero-order valence-electron chi connectivity index (χ0n) is 20.3. The van der Waals surface area contributed by atoms with Crippen molar-refractivity contribution in [2.45, 2.75) is 58.7 Å². The van der Waals surface area contributed by atoms with E-state index >= 15 is 0 Å². The van der Waals surface area contributed by atoms with Gasteiger partial charge in [0.2, 0.25) is 6.29 Å². The lowest BCUT2D eigenvalue weighted by molar-refractivity contribution is 0.0822. The highest BCUT2D eigenvalue weighted by Crippen LogP contribution is 2.23. The van der Waals surface area contributed by atoms with Crippen molar-refractivity contribution in [3.63, 3.8) is 0 Å². The molecule has 0 aliphatic carbocycles. The quantitative estimate of drug-likeness (QED) is 0.695. The number of fused-ring (bicyclic) bond motifs is 1. The molecule has 2 aliphatic heterocycles. The van der Waals surface area contributed by atoms with Gasteiger partial charge in [0.25, 0.3) is 11.8 Å². The van der Waals surface area contributed by atoms with Gasteiger partial charge in [-0.3, -0.25) is 9.59 Å². The monoisotopic (exact) mass is 456 g/mol. The molecule has 0 bridgehead atoms. The van der Waals surface area contributed by atoms with Crippen LogP contribution >= 0.6 is 0 Å². The zero-order chi connectivity index (χ0) is 24.3. The SMILES string of the molecule is CCCc1ccc(C(=O)N2C=C3C=NC(NC(=O)c4ccc(C(C)(C)C)cc4)N=C3CC2)cc1. The summed E-state index contributed by atoms with van der Waals surface area (Å²) in [6, 6.07) is 15.5. The number of rotatable bonds is 5. The van der Waals surface area contributed by atoms with E-state index in [1.54, 1.807) is 17.3 Å². The van der Waals surface area contributed by atoms with E-state index in [4.69, 9.17) is 0 Å². The second-order valence-electron chi connectivity index (χ2n) is 9.81. The number of carbonyl (C=O) groups excluding carboxylic acids is 2. The fourth-order valence-corrected chi connectivity index (χ4v) is 4.08. The Labute approximate surface area is 201 Å². The van der Waals surface area contributed by atoms with Crippen molar-refractivity contribution in [2.24, 2.45) is 9.98 Å². The molecule has 176 valence electrons. The van der Waals surface area contributed by atoms with Crippen LogP contribution in [0.4, 0.5) is 0 Å². The van der Waals surface area contributed by atoms with Gasteiger partial charge in [0.05, 0.1) is 5.71 Å². The van der Waals surface area contributed by atoms with Crippen LogP contribution in [0, 0.1) is 0 Å². The molecule has 4 rings (SSSR count). The van der Waals surface area contributed by atoms with E-state index < -0.39 is 6.29 Å². The summed E-state index contributed by atoms with van der Waals surface area (Å²) in [5, 5.41) is 2.87. The minimum atomic E-state index is -0.657. The minimum Gasteiger partial charge on any atom is -0.314 e. The van der Waals surface area contributed by atoms with Gasteiger partial charge in [-0.15, -0.1) is 0 Å². The standard InChI is InChI=1S/C28H32N4O2/c1-5-6-19-7-9-21(10-8-19)26(34)32-16-15-24-22(18-32)17-29-27(30-24)31-25(33)20-11-13-23(14-12-20)28(2,3)4/h7-14,17-18,27H,5-6,15-16H2,1-4H3,(H,31,33).